The highest BCUT2D eigenvalue weighted by Gasteiger charge is 2.14. The summed E-state index contributed by atoms with van der Waals surface area (Å²) in [6.45, 7) is 0. The lowest BCUT2D eigenvalue weighted by Crippen LogP contribution is -2.04. The molecule has 0 spiro atoms. The van der Waals surface area contributed by atoms with E-state index >= 15 is 0 Å². The molecule has 0 aliphatic rings. The maximum atomic E-state index is 12.5. The van der Waals surface area contributed by atoms with Crippen LogP contribution >= 0.6 is 0 Å². The summed E-state index contributed by atoms with van der Waals surface area (Å²) in [6.07, 6.45) is 10.1. The van der Waals surface area contributed by atoms with Gasteiger partial charge in [-0.1, -0.05) is 103 Å². The molecule has 0 aliphatic heterocycles. The number of allylic oxidation sites excluding steroid dienone is 3. The van der Waals surface area contributed by atoms with E-state index in [1.54, 1.807) is 0 Å². The highest BCUT2D eigenvalue weighted by molar-refractivity contribution is 5.88. The van der Waals surface area contributed by atoms with E-state index in [-0.39, 0.29) is 5.63 Å². The van der Waals surface area contributed by atoms with Crippen molar-refractivity contribution in [3.05, 3.63) is 125 Å². The van der Waals surface area contributed by atoms with Crippen LogP contribution in [0.2, 0.25) is 0 Å². The first kappa shape index (κ1) is 18.7. The standard InChI is InChI=1S/C27H22O2/c28-27-25-20-12-11-18-23(25)24(26(29-27)22-16-8-4-9-17-22)19-10-2-1-5-13-21-14-6-3-7-15-21/h2-18,20H,1,19H2/b10-2+,13-5+. The molecular formula is C27H22O2. The molecule has 2 nitrogen and oxygen atoms in total. The van der Waals surface area contributed by atoms with Crippen LogP contribution in [0, 0.1) is 0 Å². The summed E-state index contributed by atoms with van der Waals surface area (Å²) in [6, 6.07) is 27.7. The number of hydrogen-bond donors (Lipinski definition) is 0. The largest absolute Gasteiger partial charge is 0.422 e. The highest BCUT2D eigenvalue weighted by Crippen LogP contribution is 2.29. The summed E-state index contributed by atoms with van der Waals surface area (Å²) < 4.78 is 5.74. The summed E-state index contributed by atoms with van der Waals surface area (Å²) in [7, 11) is 0. The van der Waals surface area contributed by atoms with Gasteiger partial charge in [0.25, 0.3) is 0 Å². The zero-order chi connectivity index (χ0) is 19.9. The Bertz CT molecular complexity index is 1200. The lowest BCUT2D eigenvalue weighted by atomic mass is 9.98. The first-order chi connectivity index (χ1) is 14.3. The van der Waals surface area contributed by atoms with Gasteiger partial charge in [0.2, 0.25) is 0 Å². The second-order valence-corrected chi connectivity index (χ2v) is 6.83. The van der Waals surface area contributed by atoms with Crippen molar-refractivity contribution in [1.29, 1.82) is 0 Å². The van der Waals surface area contributed by atoms with Crippen molar-refractivity contribution in [2.24, 2.45) is 0 Å². The third kappa shape index (κ3) is 4.44. The zero-order valence-electron chi connectivity index (χ0n) is 16.1. The molecule has 4 rings (SSSR count). The Morgan fingerprint density at radius 3 is 2.10 bits per heavy atom. The van der Waals surface area contributed by atoms with Gasteiger partial charge < -0.3 is 4.42 Å². The van der Waals surface area contributed by atoms with E-state index in [2.05, 4.69) is 36.4 Å². The number of benzene rings is 3. The van der Waals surface area contributed by atoms with E-state index < -0.39 is 0 Å². The molecule has 4 aromatic rings. The molecule has 0 radical (unpaired) electrons. The van der Waals surface area contributed by atoms with Crippen LogP contribution in [0.25, 0.3) is 28.2 Å². The van der Waals surface area contributed by atoms with Crippen molar-refractivity contribution in [2.45, 2.75) is 12.8 Å². The van der Waals surface area contributed by atoms with E-state index in [4.69, 9.17) is 4.42 Å². The first-order valence-electron chi connectivity index (χ1n) is 9.79. The average molecular weight is 378 g/mol. The van der Waals surface area contributed by atoms with Crippen LogP contribution < -0.4 is 5.63 Å². The smallest absolute Gasteiger partial charge is 0.344 e. The Hall–Kier alpha value is -3.65. The molecule has 0 unspecified atom stereocenters. The van der Waals surface area contributed by atoms with Crippen molar-refractivity contribution < 1.29 is 4.42 Å². The first-order valence-corrected chi connectivity index (χ1v) is 9.79. The van der Waals surface area contributed by atoms with Crippen molar-refractivity contribution >= 4 is 16.8 Å². The van der Waals surface area contributed by atoms with E-state index in [1.807, 2.05) is 72.8 Å². The van der Waals surface area contributed by atoms with Gasteiger partial charge in [0.05, 0.1) is 5.39 Å². The summed E-state index contributed by atoms with van der Waals surface area (Å²) in [5.74, 6) is 0.652. The molecule has 0 bridgehead atoms. The Labute approximate surface area is 170 Å². The SMILES string of the molecule is O=c1oc(-c2ccccc2)c(C/C=C/C/C=C/c2ccccc2)c2ccccc12. The highest BCUT2D eigenvalue weighted by atomic mass is 16.4. The number of rotatable bonds is 6. The molecule has 0 atom stereocenters. The Balaban J connectivity index is 1.61. The van der Waals surface area contributed by atoms with Crippen LogP contribution in [0.5, 0.6) is 0 Å². The third-order valence-electron chi connectivity index (χ3n) is 4.85. The van der Waals surface area contributed by atoms with Crippen LogP contribution in [0.4, 0.5) is 0 Å². The monoisotopic (exact) mass is 378 g/mol. The van der Waals surface area contributed by atoms with Crippen LogP contribution in [0.15, 0.2) is 112 Å². The van der Waals surface area contributed by atoms with Gasteiger partial charge >= 0.3 is 5.63 Å². The fourth-order valence-corrected chi connectivity index (χ4v) is 3.43. The lowest BCUT2D eigenvalue weighted by molar-refractivity contribution is 0.530. The molecule has 3 aromatic carbocycles. The normalized spacial score (nSPS) is 11.6. The molecule has 29 heavy (non-hydrogen) atoms. The van der Waals surface area contributed by atoms with Crippen molar-refractivity contribution in [1.82, 2.24) is 0 Å². The quantitative estimate of drug-likeness (QED) is 0.351. The lowest BCUT2D eigenvalue weighted by Gasteiger charge is -2.10. The maximum Gasteiger partial charge on any atom is 0.344 e. The minimum atomic E-state index is -0.294. The zero-order valence-corrected chi connectivity index (χ0v) is 16.1. The van der Waals surface area contributed by atoms with Crippen LogP contribution in [0.1, 0.15) is 17.5 Å². The summed E-state index contributed by atoms with van der Waals surface area (Å²) >= 11 is 0. The Morgan fingerprint density at radius 2 is 1.34 bits per heavy atom. The van der Waals surface area contributed by atoms with Crippen LogP contribution in [-0.4, -0.2) is 0 Å². The molecule has 2 heteroatoms. The molecule has 0 fully saturated rings. The van der Waals surface area contributed by atoms with E-state index in [0.29, 0.717) is 17.6 Å². The Morgan fingerprint density at radius 1 is 0.690 bits per heavy atom. The Kier molecular flexibility index (Phi) is 5.82. The van der Waals surface area contributed by atoms with Crippen molar-refractivity contribution in [2.75, 3.05) is 0 Å². The van der Waals surface area contributed by atoms with Gasteiger partial charge in [-0.15, -0.1) is 0 Å². The fourth-order valence-electron chi connectivity index (χ4n) is 3.43. The molecule has 0 saturated heterocycles. The number of hydrogen-bond acceptors (Lipinski definition) is 2. The molecule has 1 aromatic heterocycles. The molecule has 0 aliphatic carbocycles. The van der Waals surface area contributed by atoms with Crippen molar-refractivity contribution in [3.8, 4) is 11.3 Å². The van der Waals surface area contributed by atoms with E-state index in [0.717, 1.165) is 22.9 Å². The molecular weight excluding hydrogens is 356 g/mol. The van der Waals surface area contributed by atoms with Gasteiger partial charge in [0, 0.05) is 11.1 Å². The van der Waals surface area contributed by atoms with Crippen molar-refractivity contribution in [3.63, 3.8) is 0 Å². The topological polar surface area (TPSA) is 30.2 Å². The minimum absolute atomic E-state index is 0.294. The van der Waals surface area contributed by atoms with Crippen LogP contribution in [-0.2, 0) is 6.42 Å². The molecule has 0 saturated carbocycles. The second-order valence-electron chi connectivity index (χ2n) is 6.83. The predicted molar refractivity (Wildman–Crippen MR) is 121 cm³/mol. The predicted octanol–water partition coefficient (Wildman–Crippen LogP) is 6.66. The third-order valence-corrected chi connectivity index (χ3v) is 4.85. The summed E-state index contributed by atoms with van der Waals surface area (Å²) in [4.78, 5) is 12.5. The van der Waals surface area contributed by atoms with Gasteiger partial charge in [-0.3, -0.25) is 0 Å². The molecule has 0 amide bonds. The van der Waals surface area contributed by atoms with E-state index in [9.17, 15) is 4.79 Å². The summed E-state index contributed by atoms with van der Waals surface area (Å²) in [5.41, 5.74) is 2.86. The fraction of sp³-hybridized carbons (Fsp3) is 0.0741. The van der Waals surface area contributed by atoms with Gasteiger partial charge in [0.1, 0.15) is 5.76 Å². The maximum absolute atomic E-state index is 12.5. The van der Waals surface area contributed by atoms with Gasteiger partial charge in [-0.25, -0.2) is 4.79 Å². The molecule has 1 heterocycles. The summed E-state index contributed by atoms with van der Waals surface area (Å²) in [5, 5.41) is 1.58. The van der Waals surface area contributed by atoms with Gasteiger partial charge in [-0.2, -0.15) is 0 Å². The van der Waals surface area contributed by atoms with Gasteiger partial charge in [-0.05, 0) is 29.9 Å². The second kappa shape index (κ2) is 9.03. The number of fused-ring (bicyclic) bond motifs is 1. The average Bonchev–Trinajstić information content (AvgIpc) is 2.78. The van der Waals surface area contributed by atoms with Crippen LogP contribution in [0.3, 0.4) is 0 Å². The van der Waals surface area contributed by atoms with Gasteiger partial charge in [0.15, 0.2) is 0 Å². The molecule has 142 valence electrons. The van der Waals surface area contributed by atoms with E-state index in [1.165, 1.54) is 5.56 Å². The molecule has 0 N–H and O–H groups in total. The minimum Gasteiger partial charge on any atom is -0.422 e.